The van der Waals surface area contributed by atoms with Crippen molar-refractivity contribution in [2.45, 2.75) is 26.5 Å². The largest absolute Gasteiger partial charge is 0.392 e. The third kappa shape index (κ3) is 4.37. The van der Waals surface area contributed by atoms with Crippen molar-refractivity contribution in [1.29, 1.82) is 0 Å². The highest BCUT2D eigenvalue weighted by molar-refractivity contribution is 5.64. The summed E-state index contributed by atoms with van der Waals surface area (Å²) in [5, 5.41) is 28.2. The number of nitrogens with one attached hydrogen (secondary N) is 1. The first-order chi connectivity index (χ1) is 10.9. The molecule has 2 rings (SSSR count). The molecule has 7 heteroatoms. The summed E-state index contributed by atoms with van der Waals surface area (Å²) in [6.07, 6.45) is 1.51. The third-order valence-electron chi connectivity index (χ3n) is 3.69. The maximum absolute atomic E-state index is 10.7. The van der Waals surface area contributed by atoms with Crippen molar-refractivity contribution in [3.05, 3.63) is 46.1 Å². The zero-order valence-corrected chi connectivity index (χ0v) is 13.6. The first kappa shape index (κ1) is 17.1. The summed E-state index contributed by atoms with van der Waals surface area (Å²) in [5.74, 6) is 0.200. The van der Waals surface area contributed by atoms with Gasteiger partial charge in [-0.25, -0.2) is 0 Å². The Labute approximate surface area is 135 Å². The van der Waals surface area contributed by atoms with Gasteiger partial charge in [0, 0.05) is 49.6 Å². The lowest BCUT2D eigenvalue weighted by molar-refractivity contribution is -0.384. The highest BCUT2D eigenvalue weighted by Gasteiger charge is 2.13. The van der Waals surface area contributed by atoms with Crippen LogP contribution in [0.25, 0.3) is 11.3 Å². The fraction of sp³-hybridized carbons (Fsp3) is 0.438. The maximum Gasteiger partial charge on any atom is 0.269 e. The second-order valence-electron chi connectivity index (χ2n) is 5.92. The standard InChI is InChI=1S/C16H22N4O3/c1-11(2)15(21)9-17-8-13-10-19(3)18-16(13)12-4-6-14(7-5-12)20(22)23/h4-7,10-11,15,17,21H,8-9H2,1-3H3. The van der Waals surface area contributed by atoms with Crippen LogP contribution in [0.3, 0.4) is 0 Å². The Kier molecular flexibility index (Phi) is 5.46. The Morgan fingerprint density at radius 1 is 1.35 bits per heavy atom. The number of aliphatic hydroxyl groups excluding tert-OH is 1. The fourth-order valence-corrected chi connectivity index (χ4v) is 2.24. The molecule has 1 atom stereocenters. The molecule has 1 unspecified atom stereocenters. The fourth-order valence-electron chi connectivity index (χ4n) is 2.24. The van der Waals surface area contributed by atoms with Crippen LogP contribution in [0.15, 0.2) is 30.5 Å². The lowest BCUT2D eigenvalue weighted by Gasteiger charge is -2.15. The monoisotopic (exact) mass is 318 g/mol. The Balaban J connectivity index is 2.12. The normalized spacial score (nSPS) is 12.6. The molecule has 0 aliphatic carbocycles. The van der Waals surface area contributed by atoms with Crippen molar-refractivity contribution < 1.29 is 10.0 Å². The third-order valence-corrected chi connectivity index (χ3v) is 3.69. The second kappa shape index (κ2) is 7.34. The lowest BCUT2D eigenvalue weighted by atomic mass is 10.1. The molecule has 0 spiro atoms. The molecule has 7 nitrogen and oxygen atoms in total. The number of benzene rings is 1. The van der Waals surface area contributed by atoms with Crippen molar-refractivity contribution in [3.8, 4) is 11.3 Å². The average Bonchev–Trinajstić information content (AvgIpc) is 2.88. The van der Waals surface area contributed by atoms with E-state index in [1.54, 1.807) is 16.8 Å². The van der Waals surface area contributed by atoms with E-state index in [0.717, 1.165) is 16.8 Å². The van der Waals surface area contributed by atoms with Crippen LogP contribution in [0, 0.1) is 16.0 Å². The summed E-state index contributed by atoms with van der Waals surface area (Å²) in [6, 6.07) is 6.35. The molecule has 0 fully saturated rings. The van der Waals surface area contributed by atoms with Gasteiger partial charge in [0.15, 0.2) is 0 Å². The van der Waals surface area contributed by atoms with E-state index in [-0.39, 0.29) is 11.6 Å². The number of nitro benzene ring substituents is 1. The van der Waals surface area contributed by atoms with E-state index in [9.17, 15) is 15.2 Å². The highest BCUT2D eigenvalue weighted by atomic mass is 16.6. The van der Waals surface area contributed by atoms with Crippen LogP contribution in [0.5, 0.6) is 0 Å². The van der Waals surface area contributed by atoms with Crippen molar-refractivity contribution in [2.75, 3.05) is 6.54 Å². The van der Waals surface area contributed by atoms with Gasteiger partial charge >= 0.3 is 0 Å². The molecule has 1 heterocycles. The molecule has 0 bridgehead atoms. The van der Waals surface area contributed by atoms with Gasteiger partial charge in [-0.15, -0.1) is 0 Å². The van der Waals surface area contributed by atoms with Gasteiger partial charge in [0.2, 0.25) is 0 Å². The number of hydrogen-bond donors (Lipinski definition) is 2. The zero-order valence-electron chi connectivity index (χ0n) is 13.6. The molecule has 0 amide bonds. The van der Waals surface area contributed by atoms with Crippen molar-refractivity contribution in [1.82, 2.24) is 15.1 Å². The summed E-state index contributed by atoms with van der Waals surface area (Å²) < 4.78 is 1.71. The zero-order chi connectivity index (χ0) is 17.0. The predicted octanol–water partition coefficient (Wildman–Crippen LogP) is 2.10. The van der Waals surface area contributed by atoms with E-state index in [0.29, 0.717) is 13.1 Å². The Morgan fingerprint density at radius 3 is 2.57 bits per heavy atom. The van der Waals surface area contributed by atoms with E-state index < -0.39 is 11.0 Å². The molecule has 1 aromatic heterocycles. The minimum Gasteiger partial charge on any atom is -0.392 e. The molecular formula is C16H22N4O3. The number of nitro groups is 1. The van der Waals surface area contributed by atoms with Gasteiger partial charge < -0.3 is 10.4 Å². The minimum atomic E-state index is -0.419. The van der Waals surface area contributed by atoms with Gasteiger partial charge in [0.25, 0.3) is 5.69 Å². The van der Waals surface area contributed by atoms with Gasteiger partial charge in [-0.05, 0) is 18.1 Å². The SMILES string of the molecule is CC(C)C(O)CNCc1cn(C)nc1-c1ccc([N+](=O)[O-])cc1. The summed E-state index contributed by atoms with van der Waals surface area (Å²) in [5.41, 5.74) is 2.66. The van der Waals surface area contributed by atoms with E-state index >= 15 is 0 Å². The molecule has 1 aromatic carbocycles. The van der Waals surface area contributed by atoms with Crippen LogP contribution >= 0.6 is 0 Å². The number of aryl methyl sites for hydroxylation is 1. The van der Waals surface area contributed by atoms with Gasteiger partial charge in [-0.2, -0.15) is 5.10 Å². The van der Waals surface area contributed by atoms with Crippen LogP contribution in [0.1, 0.15) is 19.4 Å². The summed E-state index contributed by atoms with van der Waals surface area (Å²) in [6.45, 7) is 5.02. The van der Waals surface area contributed by atoms with Gasteiger partial charge in [-0.1, -0.05) is 13.8 Å². The van der Waals surface area contributed by atoms with Crippen molar-refractivity contribution >= 4 is 5.69 Å². The second-order valence-corrected chi connectivity index (χ2v) is 5.92. The average molecular weight is 318 g/mol. The molecule has 124 valence electrons. The quantitative estimate of drug-likeness (QED) is 0.602. The van der Waals surface area contributed by atoms with E-state index in [2.05, 4.69) is 10.4 Å². The van der Waals surface area contributed by atoms with Crippen molar-refractivity contribution in [2.24, 2.45) is 13.0 Å². The first-order valence-electron chi connectivity index (χ1n) is 7.54. The van der Waals surface area contributed by atoms with E-state index in [1.807, 2.05) is 27.1 Å². The summed E-state index contributed by atoms with van der Waals surface area (Å²) in [7, 11) is 1.83. The van der Waals surface area contributed by atoms with Gasteiger partial charge in [0.05, 0.1) is 16.7 Å². The molecule has 2 N–H and O–H groups in total. The van der Waals surface area contributed by atoms with Crippen LogP contribution in [0.2, 0.25) is 0 Å². The number of aliphatic hydroxyl groups is 1. The van der Waals surface area contributed by atoms with Crippen LogP contribution in [-0.4, -0.2) is 32.5 Å². The van der Waals surface area contributed by atoms with E-state index in [4.69, 9.17) is 0 Å². The van der Waals surface area contributed by atoms with E-state index in [1.165, 1.54) is 12.1 Å². The smallest absolute Gasteiger partial charge is 0.269 e. The van der Waals surface area contributed by atoms with Gasteiger partial charge in [0.1, 0.15) is 0 Å². The molecular weight excluding hydrogens is 296 g/mol. The number of nitrogens with zero attached hydrogens (tertiary/aromatic N) is 3. The molecule has 0 aliphatic rings. The summed E-state index contributed by atoms with van der Waals surface area (Å²) in [4.78, 5) is 10.3. The first-order valence-corrected chi connectivity index (χ1v) is 7.54. The van der Waals surface area contributed by atoms with Crippen LogP contribution in [-0.2, 0) is 13.6 Å². The van der Waals surface area contributed by atoms with Crippen molar-refractivity contribution in [3.63, 3.8) is 0 Å². The maximum atomic E-state index is 10.7. The van der Waals surface area contributed by atoms with Crippen LogP contribution < -0.4 is 5.32 Å². The predicted molar refractivity (Wildman–Crippen MR) is 87.8 cm³/mol. The Bertz CT molecular complexity index is 664. The minimum absolute atomic E-state index is 0.0596. The molecule has 23 heavy (non-hydrogen) atoms. The topological polar surface area (TPSA) is 93.2 Å². The lowest BCUT2D eigenvalue weighted by Crippen LogP contribution is -2.30. The number of hydrogen-bond acceptors (Lipinski definition) is 5. The molecule has 0 radical (unpaired) electrons. The molecule has 0 aliphatic heterocycles. The van der Waals surface area contributed by atoms with Crippen LogP contribution in [0.4, 0.5) is 5.69 Å². The number of non-ortho nitro benzene ring substituents is 1. The molecule has 0 saturated heterocycles. The number of rotatable bonds is 7. The number of aromatic nitrogens is 2. The Morgan fingerprint density at radius 2 is 2.00 bits per heavy atom. The highest BCUT2D eigenvalue weighted by Crippen LogP contribution is 2.24. The van der Waals surface area contributed by atoms with Gasteiger partial charge in [-0.3, -0.25) is 14.8 Å². The summed E-state index contributed by atoms with van der Waals surface area (Å²) >= 11 is 0. The molecule has 0 saturated carbocycles. The molecule has 2 aromatic rings. The Hall–Kier alpha value is -2.25.